The highest BCUT2D eigenvalue weighted by molar-refractivity contribution is 6.03. The number of hydrogen-bond acceptors (Lipinski definition) is 3. The van der Waals surface area contributed by atoms with Crippen molar-refractivity contribution in [3.05, 3.63) is 52.8 Å². The molecule has 0 atom stereocenters. The molecule has 0 spiro atoms. The highest BCUT2D eigenvalue weighted by atomic mass is 16.1. The molecule has 4 heteroatoms. The van der Waals surface area contributed by atoms with Gasteiger partial charge in [-0.3, -0.25) is 4.79 Å². The zero-order chi connectivity index (χ0) is 14.7. The van der Waals surface area contributed by atoms with Gasteiger partial charge in [-0.25, -0.2) is 0 Å². The minimum absolute atomic E-state index is 0.228. The zero-order valence-electron chi connectivity index (χ0n) is 12.3. The van der Waals surface area contributed by atoms with Crippen LogP contribution in [-0.4, -0.2) is 16.1 Å². The topological polar surface area (TPSA) is 54.9 Å². The third-order valence-electron chi connectivity index (χ3n) is 3.20. The molecule has 0 fully saturated rings. The molecule has 1 N–H and O–H groups in total. The first kappa shape index (κ1) is 14.2. The van der Waals surface area contributed by atoms with E-state index >= 15 is 0 Å². The van der Waals surface area contributed by atoms with Gasteiger partial charge in [0.1, 0.15) is 0 Å². The number of para-hydroxylation sites is 1. The second kappa shape index (κ2) is 5.82. The quantitative estimate of drug-likeness (QED) is 0.928. The van der Waals surface area contributed by atoms with Crippen LogP contribution < -0.4 is 5.32 Å². The molecule has 0 saturated carbocycles. The molecular formula is C16H19N3O. The Morgan fingerprint density at radius 3 is 2.45 bits per heavy atom. The second-order valence-corrected chi connectivity index (χ2v) is 5.21. The van der Waals surface area contributed by atoms with Crippen LogP contribution in [0.25, 0.3) is 0 Å². The molecular weight excluding hydrogens is 250 g/mol. The third kappa shape index (κ3) is 3.02. The molecule has 0 unspecified atom stereocenters. The van der Waals surface area contributed by atoms with Crippen molar-refractivity contribution in [2.45, 2.75) is 33.6 Å². The van der Waals surface area contributed by atoms with Crippen molar-refractivity contribution in [2.75, 3.05) is 5.32 Å². The maximum Gasteiger partial charge on any atom is 0.276 e. The van der Waals surface area contributed by atoms with E-state index in [0.717, 1.165) is 22.5 Å². The van der Waals surface area contributed by atoms with Crippen LogP contribution in [0.4, 0.5) is 5.69 Å². The number of carbonyl (C=O) groups excluding carboxylic acids is 1. The Labute approximate surface area is 119 Å². The van der Waals surface area contributed by atoms with Gasteiger partial charge in [-0.1, -0.05) is 32.0 Å². The van der Waals surface area contributed by atoms with Gasteiger partial charge in [0.05, 0.1) is 5.69 Å². The average molecular weight is 269 g/mol. The Kier molecular flexibility index (Phi) is 4.13. The molecule has 0 bridgehead atoms. The summed E-state index contributed by atoms with van der Waals surface area (Å²) >= 11 is 0. The summed E-state index contributed by atoms with van der Waals surface area (Å²) in [6, 6.07) is 9.50. The van der Waals surface area contributed by atoms with Gasteiger partial charge in [0.25, 0.3) is 5.91 Å². The maximum atomic E-state index is 12.2. The fourth-order valence-corrected chi connectivity index (χ4v) is 2.04. The highest BCUT2D eigenvalue weighted by Crippen LogP contribution is 2.27. The summed E-state index contributed by atoms with van der Waals surface area (Å²) in [5, 5.41) is 10.8. The fraction of sp³-hybridized carbons (Fsp3) is 0.312. The van der Waals surface area contributed by atoms with Crippen molar-refractivity contribution >= 4 is 11.6 Å². The van der Waals surface area contributed by atoms with E-state index in [1.165, 1.54) is 0 Å². The summed E-state index contributed by atoms with van der Waals surface area (Å²) < 4.78 is 0. The Morgan fingerprint density at radius 1 is 1.10 bits per heavy atom. The van der Waals surface area contributed by atoms with E-state index in [4.69, 9.17) is 0 Å². The Morgan fingerprint density at radius 2 is 1.85 bits per heavy atom. The summed E-state index contributed by atoms with van der Waals surface area (Å²) in [5.41, 5.74) is 4.16. The van der Waals surface area contributed by atoms with Crippen LogP contribution in [0.2, 0.25) is 0 Å². The van der Waals surface area contributed by atoms with E-state index in [-0.39, 0.29) is 5.91 Å². The molecule has 2 rings (SSSR count). The number of aromatic nitrogens is 2. The van der Waals surface area contributed by atoms with Crippen molar-refractivity contribution in [1.29, 1.82) is 0 Å². The molecule has 0 radical (unpaired) electrons. The average Bonchev–Trinajstić information content (AvgIpc) is 2.41. The first-order valence-electron chi connectivity index (χ1n) is 6.70. The lowest BCUT2D eigenvalue weighted by Crippen LogP contribution is -2.16. The predicted octanol–water partition coefficient (Wildman–Crippen LogP) is 3.47. The van der Waals surface area contributed by atoms with Gasteiger partial charge in [0.2, 0.25) is 0 Å². The molecule has 20 heavy (non-hydrogen) atoms. The number of nitrogens with one attached hydrogen (secondary N) is 1. The van der Waals surface area contributed by atoms with E-state index < -0.39 is 0 Å². The van der Waals surface area contributed by atoms with E-state index in [9.17, 15) is 4.79 Å². The smallest absolute Gasteiger partial charge is 0.276 e. The lowest BCUT2D eigenvalue weighted by atomic mass is 9.98. The van der Waals surface area contributed by atoms with E-state index in [1.54, 1.807) is 12.1 Å². The number of rotatable bonds is 3. The minimum atomic E-state index is -0.228. The largest absolute Gasteiger partial charge is 0.320 e. The lowest BCUT2D eigenvalue weighted by molar-refractivity contribution is 0.102. The number of nitrogens with zero attached hydrogens (tertiary/aromatic N) is 2. The number of carbonyl (C=O) groups is 1. The normalized spacial score (nSPS) is 10.7. The summed E-state index contributed by atoms with van der Waals surface area (Å²) in [6.45, 7) is 8.04. The van der Waals surface area contributed by atoms with Gasteiger partial charge in [-0.2, -0.15) is 5.10 Å². The molecule has 0 saturated heterocycles. The molecule has 0 aliphatic heterocycles. The van der Waals surface area contributed by atoms with Gasteiger partial charge in [-0.05, 0) is 43.0 Å². The highest BCUT2D eigenvalue weighted by Gasteiger charge is 2.14. The SMILES string of the molecule is Cc1ccc(C(=O)Nc2c(C)cccc2C(C)C)nn1. The minimum Gasteiger partial charge on any atom is -0.320 e. The number of hydrogen-bond donors (Lipinski definition) is 1. The van der Waals surface area contributed by atoms with Crippen LogP contribution in [0, 0.1) is 13.8 Å². The molecule has 0 aliphatic rings. The molecule has 0 aliphatic carbocycles. The summed E-state index contributed by atoms with van der Waals surface area (Å²) in [4.78, 5) is 12.2. The van der Waals surface area contributed by atoms with Crippen molar-refractivity contribution in [1.82, 2.24) is 10.2 Å². The van der Waals surface area contributed by atoms with Gasteiger partial charge >= 0.3 is 0 Å². The van der Waals surface area contributed by atoms with Crippen molar-refractivity contribution in [3.8, 4) is 0 Å². The third-order valence-corrected chi connectivity index (χ3v) is 3.20. The molecule has 2 aromatic rings. The molecule has 1 aromatic carbocycles. The number of aryl methyl sites for hydroxylation is 2. The van der Waals surface area contributed by atoms with Gasteiger partial charge in [0.15, 0.2) is 5.69 Å². The predicted molar refractivity (Wildman–Crippen MR) is 80.0 cm³/mol. The van der Waals surface area contributed by atoms with Gasteiger partial charge < -0.3 is 5.32 Å². The van der Waals surface area contributed by atoms with E-state index in [2.05, 4.69) is 29.4 Å². The zero-order valence-corrected chi connectivity index (χ0v) is 12.3. The van der Waals surface area contributed by atoms with Gasteiger partial charge in [0, 0.05) is 5.69 Å². The van der Waals surface area contributed by atoms with Crippen LogP contribution in [0.15, 0.2) is 30.3 Å². The number of anilines is 1. The molecule has 1 aromatic heterocycles. The van der Waals surface area contributed by atoms with Crippen LogP contribution in [0.3, 0.4) is 0 Å². The van der Waals surface area contributed by atoms with Gasteiger partial charge in [-0.15, -0.1) is 5.10 Å². The fourth-order valence-electron chi connectivity index (χ4n) is 2.04. The summed E-state index contributed by atoms with van der Waals surface area (Å²) in [7, 11) is 0. The lowest BCUT2D eigenvalue weighted by Gasteiger charge is -2.16. The second-order valence-electron chi connectivity index (χ2n) is 5.21. The maximum absolute atomic E-state index is 12.2. The standard InChI is InChI=1S/C16H19N3O/c1-10(2)13-7-5-6-11(3)15(13)17-16(20)14-9-8-12(4)18-19-14/h5-10H,1-4H3,(H,17,20). The van der Waals surface area contributed by atoms with Crippen LogP contribution in [-0.2, 0) is 0 Å². The Bertz CT molecular complexity index is 618. The van der Waals surface area contributed by atoms with E-state index in [1.807, 2.05) is 32.0 Å². The number of benzene rings is 1. The molecule has 1 amide bonds. The Balaban J connectivity index is 2.30. The Hall–Kier alpha value is -2.23. The molecule has 1 heterocycles. The van der Waals surface area contributed by atoms with Crippen LogP contribution >= 0.6 is 0 Å². The molecule has 104 valence electrons. The van der Waals surface area contributed by atoms with Crippen molar-refractivity contribution in [2.24, 2.45) is 0 Å². The van der Waals surface area contributed by atoms with E-state index in [0.29, 0.717) is 11.6 Å². The first-order chi connectivity index (χ1) is 9.49. The van der Waals surface area contributed by atoms with Crippen molar-refractivity contribution < 1.29 is 4.79 Å². The monoisotopic (exact) mass is 269 g/mol. The van der Waals surface area contributed by atoms with Crippen molar-refractivity contribution in [3.63, 3.8) is 0 Å². The molecule has 4 nitrogen and oxygen atoms in total. The summed E-state index contributed by atoms with van der Waals surface area (Å²) in [6.07, 6.45) is 0. The van der Waals surface area contributed by atoms with Crippen LogP contribution in [0.1, 0.15) is 47.1 Å². The van der Waals surface area contributed by atoms with Crippen LogP contribution in [0.5, 0.6) is 0 Å². The number of amides is 1. The summed E-state index contributed by atoms with van der Waals surface area (Å²) in [5.74, 6) is 0.114. The first-order valence-corrected chi connectivity index (χ1v) is 6.70.